The average molecular weight is 257 g/mol. The summed E-state index contributed by atoms with van der Waals surface area (Å²) >= 11 is 11.5. The lowest BCUT2D eigenvalue weighted by molar-refractivity contribution is 0.321. The molecule has 1 nitrogen and oxygen atoms in total. The van der Waals surface area contributed by atoms with Gasteiger partial charge in [-0.05, 0) is 38.1 Å². The summed E-state index contributed by atoms with van der Waals surface area (Å²) < 4.78 is 5.67. The monoisotopic (exact) mass is 256 g/mol. The van der Waals surface area contributed by atoms with Gasteiger partial charge in [-0.15, -0.1) is 6.58 Å². The van der Waals surface area contributed by atoms with E-state index >= 15 is 0 Å². The molecule has 0 saturated carbocycles. The molecule has 0 radical (unpaired) electrons. The Bertz CT molecular complexity index is 391. The van der Waals surface area contributed by atoms with Crippen molar-refractivity contribution in [2.75, 3.05) is 0 Å². The lowest BCUT2D eigenvalue weighted by atomic mass is 9.92. The van der Waals surface area contributed by atoms with Gasteiger partial charge < -0.3 is 4.74 Å². The third kappa shape index (κ3) is 3.29. The molecule has 0 aliphatic heterocycles. The topological polar surface area (TPSA) is 9.23 Å². The van der Waals surface area contributed by atoms with Crippen LogP contribution in [0.3, 0.4) is 0 Å². The third-order valence-corrected chi connectivity index (χ3v) is 2.74. The SMILES string of the molecule is C=CC(C)(C)C(=CCl)Oc1ccc(Cl)cc1. The van der Waals surface area contributed by atoms with Gasteiger partial charge in [-0.2, -0.15) is 0 Å². The van der Waals surface area contributed by atoms with E-state index in [4.69, 9.17) is 27.9 Å². The van der Waals surface area contributed by atoms with Gasteiger partial charge in [0.25, 0.3) is 0 Å². The largest absolute Gasteiger partial charge is 0.460 e. The number of rotatable bonds is 4. The number of benzene rings is 1. The Labute approximate surface area is 106 Å². The van der Waals surface area contributed by atoms with Gasteiger partial charge >= 0.3 is 0 Å². The summed E-state index contributed by atoms with van der Waals surface area (Å²) in [6.45, 7) is 7.71. The molecule has 3 heteroatoms. The summed E-state index contributed by atoms with van der Waals surface area (Å²) in [6.07, 6.45) is 1.79. The summed E-state index contributed by atoms with van der Waals surface area (Å²) in [5, 5.41) is 0.673. The van der Waals surface area contributed by atoms with Gasteiger partial charge in [0.05, 0.1) is 0 Å². The molecule has 0 heterocycles. The second-order valence-electron chi connectivity index (χ2n) is 3.96. The minimum atomic E-state index is -0.304. The number of hydrogen-bond donors (Lipinski definition) is 0. The Hall–Kier alpha value is -0.920. The molecule has 0 saturated heterocycles. The first-order valence-electron chi connectivity index (χ1n) is 4.87. The molecule has 0 bridgehead atoms. The van der Waals surface area contributed by atoms with Crippen molar-refractivity contribution in [2.45, 2.75) is 13.8 Å². The van der Waals surface area contributed by atoms with Crippen molar-refractivity contribution in [3.8, 4) is 5.75 Å². The van der Waals surface area contributed by atoms with Gasteiger partial charge in [-0.25, -0.2) is 0 Å². The smallest absolute Gasteiger partial charge is 0.127 e. The van der Waals surface area contributed by atoms with Crippen LogP contribution in [0.15, 0.2) is 48.2 Å². The molecule has 0 N–H and O–H groups in total. The van der Waals surface area contributed by atoms with Crippen molar-refractivity contribution in [1.29, 1.82) is 0 Å². The molecule has 0 aliphatic carbocycles. The summed E-state index contributed by atoms with van der Waals surface area (Å²) in [5.74, 6) is 1.35. The Kier molecular flexibility index (Phi) is 4.45. The summed E-state index contributed by atoms with van der Waals surface area (Å²) in [6, 6.07) is 7.12. The van der Waals surface area contributed by atoms with Crippen LogP contribution in [0.2, 0.25) is 5.02 Å². The maximum absolute atomic E-state index is 5.79. The van der Waals surface area contributed by atoms with Crippen molar-refractivity contribution < 1.29 is 4.74 Å². The fourth-order valence-electron chi connectivity index (χ4n) is 1.02. The number of halogens is 2. The van der Waals surface area contributed by atoms with Crippen LogP contribution < -0.4 is 4.74 Å². The Morgan fingerprint density at radius 3 is 2.31 bits per heavy atom. The van der Waals surface area contributed by atoms with Crippen molar-refractivity contribution in [1.82, 2.24) is 0 Å². The number of ether oxygens (including phenoxy) is 1. The van der Waals surface area contributed by atoms with Crippen LogP contribution in [-0.2, 0) is 0 Å². The molecule has 0 unspecified atom stereocenters. The van der Waals surface area contributed by atoms with Gasteiger partial charge in [-0.3, -0.25) is 0 Å². The Balaban J connectivity index is 2.87. The minimum absolute atomic E-state index is 0.304. The number of hydrogen-bond acceptors (Lipinski definition) is 1. The second-order valence-corrected chi connectivity index (χ2v) is 4.61. The highest BCUT2D eigenvalue weighted by molar-refractivity contribution is 6.30. The highest BCUT2D eigenvalue weighted by atomic mass is 35.5. The van der Waals surface area contributed by atoms with Gasteiger partial charge in [0.15, 0.2) is 0 Å². The zero-order valence-electron chi connectivity index (χ0n) is 9.34. The lowest BCUT2D eigenvalue weighted by Crippen LogP contribution is -2.15. The molecule has 16 heavy (non-hydrogen) atoms. The first-order chi connectivity index (χ1) is 7.49. The quantitative estimate of drug-likeness (QED) is 0.544. The summed E-state index contributed by atoms with van der Waals surface area (Å²) in [5.41, 5.74) is 1.12. The predicted octanol–water partition coefficient (Wildman–Crippen LogP) is 5.01. The Morgan fingerprint density at radius 1 is 1.31 bits per heavy atom. The van der Waals surface area contributed by atoms with E-state index in [1.807, 2.05) is 13.8 Å². The molecule has 1 rings (SSSR count). The normalized spacial score (nSPS) is 12.4. The van der Waals surface area contributed by atoms with Crippen LogP contribution in [0, 0.1) is 5.41 Å². The van der Waals surface area contributed by atoms with E-state index < -0.39 is 0 Å². The lowest BCUT2D eigenvalue weighted by Gasteiger charge is -2.23. The van der Waals surface area contributed by atoms with E-state index in [0.29, 0.717) is 16.5 Å². The third-order valence-electron chi connectivity index (χ3n) is 2.29. The minimum Gasteiger partial charge on any atom is -0.460 e. The molecule has 0 fully saturated rings. The summed E-state index contributed by atoms with van der Waals surface area (Å²) in [4.78, 5) is 0. The molecular formula is C13H14Cl2O. The van der Waals surface area contributed by atoms with E-state index in [1.54, 1.807) is 30.3 Å². The fourth-order valence-corrected chi connectivity index (χ4v) is 1.48. The van der Waals surface area contributed by atoms with Crippen molar-refractivity contribution in [3.05, 3.63) is 53.2 Å². The van der Waals surface area contributed by atoms with Crippen LogP contribution in [0.4, 0.5) is 0 Å². The summed E-state index contributed by atoms with van der Waals surface area (Å²) in [7, 11) is 0. The Morgan fingerprint density at radius 2 is 1.88 bits per heavy atom. The standard InChI is InChI=1S/C13H14Cl2O/c1-4-13(2,3)12(9-14)16-11-7-5-10(15)6-8-11/h4-9H,1H2,2-3H3. The molecule has 0 amide bonds. The van der Waals surface area contributed by atoms with E-state index in [1.165, 1.54) is 5.54 Å². The van der Waals surface area contributed by atoms with E-state index in [2.05, 4.69) is 6.58 Å². The maximum Gasteiger partial charge on any atom is 0.127 e. The molecule has 0 aromatic heterocycles. The molecule has 0 atom stereocenters. The fraction of sp³-hybridized carbons (Fsp3) is 0.231. The molecule has 86 valence electrons. The molecule has 1 aromatic carbocycles. The van der Waals surface area contributed by atoms with Crippen LogP contribution in [0.5, 0.6) is 5.75 Å². The molecule has 0 aliphatic rings. The van der Waals surface area contributed by atoms with E-state index in [9.17, 15) is 0 Å². The predicted molar refractivity (Wildman–Crippen MR) is 70.0 cm³/mol. The van der Waals surface area contributed by atoms with Crippen LogP contribution in [0.25, 0.3) is 0 Å². The van der Waals surface area contributed by atoms with Crippen molar-refractivity contribution >= 4 is 23.2 Å². The van der Waals surface area contributed by atoms with E-state index in [-0.39, 0.29) is 5.41 Å². The average Bonchev–Trinajstić information content (AvgIpc) is 2.28. The zero-order chi connectivity index (χ0) is 12.2. The van der Waals surface area contributed by atoms with Crippen molar-refractivity contribution in [3.63, 3.8) is 0 Å². The van der Waals surface area contributed by atoms with Gasteiger partial charge in [-0.1, -0.05) is 29.3 Å². The van der Waals surface area contributed by atoms with Crippen LogP contribution in [0.1, 0.15) is 13.8 Å². The first kappa shape index (κ1) is 13.1. The van der Waals surface area contributed by atoms with Crippen LogP contribution in [-0.4, -0.2) is 0 Å². The molecule has 1 aromatic rings. The first-order valence-corrected chi connectivity index (χ1v) is 5.69. The highest BCUT2D eigenvalue weighted by Gasteiger charge is 2.21. The van der Waals surface area contributed by atoms with Crippen LogP contribution >= 0.6 is 23.2 Å². The van der Waals surface area contributed by atoms with Gasteiger partial charge in [0, 0.05) is 16.0 Å². The second kappa shape index (κ2) is 5.42. The maximum atomic E-state index is 5.79. The zero-order valence-corrected chi connectivity index (χ0v) is 10.8. The van der Waals surface area contributed by atoms with Gasteiger partial charge in [0.2, 0.25) is 0 Å². The highest BCUT2D eigenvalue weighted by Crippen LogP contribution is 2.30. The number of allylic oxidation sites excluding steroid dienone is 1. The van der Waals surface area contributed by atoms with Gasteiger partial charge in [0.1, 0.15) is 11.5 Å². The van der Waals surface area contributed by atoms with E-state index in [0.717, 1.165) is 0 Å². The van der Waals surface area contributed by atoms with Crippen molar-refractivity contribution in [2.24, 2.45) is 5.41 Å². The molecule has 0 spiro atoms. The molecular weight excluding hydrogens is 243 g/mol.